The summed E-state index contributed by atoms with van der Waals surface area (Å²) >= 11 is 0. The van der Waals surface area contributed by atoms with Crippen LogP contribution in [0.25, 0.3) is 0 Å². The number of aryl methyl sites for hydroxylation is 1. The van der Waals surface area contributed by atoms with Gasteiger partial charge in [-0.3, -0.25) is 0 Å². The fourth-order valence-electron chi connectivity index (χ4n) is 2.38. The van der Waals surface area contributed by atoms with Crippen LogP contribution in [0.2, 0.25) is 0 Å². The van der Waals surface area contributed by atoms with E-state index in [0.29, 0.717) is 25.4 Å². The van der Waals surface area contributed by atoms with Gasteiger partial charge in [0.15, 0.2) is 0 Å². The van der Waals surface area contributed by atoms with Gasteiger partial charge >= 0.3 is 6.09 Å². The molecule has 1 heterocycles. The first-order valence-corrected chi connectivity index (χ1v) is 7.58. The number of unbranched alkanes of at least 4 members (excludes halogenated alkanes) is 1. The minimum absolute atomic E-state index is 0.204. The van der Waals surface area contributed by atoms with Crippen LogP contribution in [0.1, 0.15) is 25.3 Å². The molecule has 0 aromatic heterocycles. The van der Waals surface area contributed by atoms with Crippen molar-refractivity contribution >= 4 is 11.8 Å². The summed E-state index contributed by atoms with van der Waals surface area (Å²) < 4.78 is 5.23. The van der Waals surface area contributed by atoms with Crippen molar-refractivity contribution in [1.82, 2.24) is 4.90 Å². The summed E-state index contributed by atoms with van der Waals surface area (Å²) in [6.45, 7) is 7.38. The number of carbonyl (C=O) groups excluding carboxylic acids is 1. The molecule has 5 nitrogen and oxygen atoms in total. The van der Waals surface area contributed by atoms with Crippen LogP contribution < -0.4 is 4.90 Å². The highest BCUT2D eigenvalue weighted by Gasteiger charge is 2.22. The second-order valence-electron chi connectivity index (χ2n) is 5.41. The van der Waals surface area contributed by atoms with Crippen molar-refractivity contribution in [3.8, 4) is 5.75 Å². The van der Waals surface area contributed by atoms with Gasteiger partial charge in [0.25, 0.3) is 0 Å². The van der Waals surface area contributed by atoms with E-state index < -0.39 is 0 Å². The van der Waals surface area contributed by atoms with Crippen molar-refractivity contribution in [1.29, 1.82) is 0 Å². The molecule has 1 aliphatic rings. The Hall–Kier alpha value is -1.91. The number of phenols is 1. The highest BCUT2D eigenvalue weighted by Crippen LogP contribution is 2.24. The van der Waals surface area contributed by atoms with E-state index in [1.807, 2.05) is 19.1 Å². The molecule has 0 atom stereocenters. The Kier molecular flexibility index (Phi) is 5.31. The molecule has 1 saturated heterocycles. The van der Waals surface area contributed by atoms with Gasteiger partial charge < -0.3 is 19.6 Å². The van der Waals surface area contributed by atoms with Crippen LogP contribution in [0.15, 0.2) is 18.2 Å². The Balaban J connectivity index is 1.85. The number of anilines is 1. The van der Waals surface area contributed by atoms with Gasteiger partial charge in [-0.1, -0.05) is 13.3 Å². The Morgan fingerprint density at radius 1 is 1.29 bits per heavy atom. The zero-order valence-electron chi connectivity index (χ0n) is 12.8. The van der Waals surface area contributed by atoms with Crippen molar-refractivity contribution in [2.45, 2.75) is 26.7 Å². The van der Waals surface area contributed by atoms with Crippen molar-refractivity contribution in [3.05, 3.63) is 23.8 Å². The third-order valence-corrected chi connectivity index (χ3v) is 3.81. The van der Waals surface area contributed by atoms with E-state index >= 15 is 0 Å². The number of carbonyl (C=O) groups is 1. The van der Waals surface area contributed by atoms with E-state index in [-0.39, 0.29) is 6.09 Å². The molecule has 1 aromatic rings. The predicted octanol–water partition coefficient (Wildman–Crippen LogP) is 2.76. The lowest BCUT2D eigenvalue weighted by Crippen LogP contribution is -2.49. The summed E-state index contributed by atoms with van der Waals surface area (Å²) in [4.78, 5) is 15.9. The zero-order chi connectivity index (χ0) is 15.2. The van der Waals surface area contributed by atoms with Crippen LogP contribution >= 0.6 is 0 Å². The van der Waals surface area contributed by atoms with E-state index in [1.54, 1.807) is 11.0 Å². The predicted molar refractivity (Wildman–Crippen MR) is 82.9 cm³/mol. The van der Waals surface area contributed by atoms with Crippen LogP contribution in [-0.2, 0) is 4.74 Å². The molecule has 116 valence electrons. The molecule has 5 heteroatoms. The van der Waals surface area contributed by atoms with Crippen molar-refractivity contribution in [3.63, 3.8) is 0 Å². The fourth-order valence-corrected chi connectivity index (χ4v) is 2.38. The second kappa shape index (κ2) is 7.20. The van der Waals surface area contributed by atoms with Crippen LogP contribution in [-0.4, -0.2) is 48.9 Å². The van der Waals surface area contributed by atoms with Crippen molar-refractivity contribution < 1.29 is 14.6 Å². The highest BCUT2D eigenvalue weighted by molar-refractivity contribution is 5.68. The molecular weight excluding hydrogens is 268 g/mol. The fraction of sp³-hybridized carbons (Fsp3) is 0.562. The molecule has 21 heavy (non-hydrogen) atoms. The number of amides is 1. The Bertz CT molecular complexity index is 482. The standard InChI is InChI=1S/C16H24N2O3/c1-3-4-11-21-16(20)18-9-7-17(8-10-18)14-5-6-15(19)13(2)12-14/h5-6,12,19H,3-4,7-11H2,1-2H3. The first-order chi connectivity index (χ1) is 10.1. The largest absolute Gasteiger partial charge is 0.508 e. The number of aromatic hydroxyl groups is 1. The summed E-state index contributed by atoms with van der Waals surface area (Å²) in [5.74, 6) is 0.317. The number of hydrogen-bond donors (Lipinski definition) is 1. The van der Waals surface area contributed by atoms with E-state index in [4.69, 9.17) is 4.74 Å². The number of hydrogen-bond acceptors (Lipinski definition) is 4. The summed E-state index contributed by atoms with van der Waals surface area (Å²) in [7, 11) is 0. The molecule has 1 fully saturated rings. The van der Waals surface area contributed by atoms with E-state index in [9.17, 15) is 9.90 Å². The Morgan fingerprint density at radius 3 is 2.62 bits per heavy atom. The molecular formula is C16H24N2O3. The Morgan fingerprint density at radius 2 is 2.00 bits per heavy atom. The van der Waals surface area contributed by atoms with Crippen molar-refractivity contribution in [2.75, 3.05) is 37.7 Å². The summed E-state index contributed by atoms with van der Waals surface area (Å²) in [6.07, 6.45) is 1.74. The van der Waals surface area contributed by atoms with Gasteiger partial charge in [-0.15, -0.1) is 0 Å². The number of benzene rings is 1. The first-order valence-electron chi connectivity index (χ1n) is 7.58. The number of nitrogens with zero attached hydrogens (tertiary/aromatic N) is 2. The molecule has 1 N–H and O–H groups in total. The zero-order valence-corrected chi connectivity index (χ0v) is 12.8. The lowest BCUT2D eigenvalue weighted by molar-refractivity contribution is 0.0989. The number of phenolic OH excluding ortho intramolecular Hbond substituents is 1. The molecule has 1 aliphatic heterocycles. The van der Waals surface area contributed by atoms with Gasteiger partial charge in [-0.05, 0) is 37.1 Å². The number of ether oxygens (including phenoxy) is 1. The minimum Gasteiger partial charge on any atom is -0.508 e. The summed E-state index contributed by atoms with van der Waals surface area (Å²) in [6, 6.07) is 5.61. The molecule has 0 aliphatic carbocycles. The average molecular weight is 292 g/mol. The van der Waals surface area contributed by atoms with E-state index in [2.05, 4.69) is 11.8 Å². The second-order valence-corrected chi connectivity index (χ2v) is 5.41. The maximum absolute atomic E-state index is 11.9. The maximum atomic E-state index is 11.9. The molecule has 1 amide bonds. The molecule has 0 spiro atoms. The topological polar surface area (TPSA) is 53.0 Å². The van der Waals surface area contributed by atoms with Crippen LogP contribution in [0.4, 0.5) is 10.5 Å². The average Bonchev–Trinajstić information content (AvgIpc) is 2.50. The van der Waals surface area contributed by atoms with E-state index in [0.717, 1.165) is 37.2 Å². The number of rotatable bonds is 4. The Labute approximate surface area is 126 Å². The summed E-state index contributed by atoms with van der Waals surface area (Å²) in [5.41, 5.74) is 1.96. The monoisotopic (exact) mass is 292 g/mol. The van der Waals surface area contributed by atoms with E-state index in [1.165, 1.54) is 0 Å². The normalized spacial score (nSPS) is 15.1. The molecule has 0 saturated carbocycles. The molecule has 0 radical (unpaired) electrons. The molecule has 0 unspecified atom stereocenters. The third kappa shape index (κ3) is 4.03. The van der Waals surface area contributed by atoms with Gasteiger partial charge in [0.1, 0.15) is 5.75 Å². The number of piperazine rings is 1. The van der Waals surface area contributed by atoms with Gasteiger partial charge in [0.2, 0.25) is 0 Å². The van der Waals surface area contributed by atoms with Crippen LogP contribution in [0.3, 0.4) is 0 Å². The first kappa shape index (κ1) is 15.5. The third-order valence-electron chi connectivity index (χ3n) is 3.81. The van der Waals surface area contributed by atoms with Gasteiger partial charge in [-0.2, -0.15) is 0 Å². The quantitative estimate of drug-likeness (QED) is 0.867. The lowest BCUT2D eigenvalue weighted by atomic mass is 10.1. The van der Waals surface area contributed by atoms with Gasteiger partial charge in [0, 0.05) is 31.9 Å². The van der Waals surface area contributed by atoms with Crippen LogP contribution in [0.5, 0.6) is 5.75 Å². The van der Waals surface area contributed by atoms with Gasteiger partial charge in [0.05, 0.1) is 6.61 Å². The minimum atomic E-state index is -0.204. The van der Waals surface area contributed by atoms with Crippen molar-refractivity contribution in [2.24, 2.45) is 0 Å². The maximum Gasteiger partial charge on any atom is 0.409 e. The molecule has 0 bridgehead atoms. The SMILES string of the molecule is CCCCOC(=O)N1CCN(c2ccc(O)c(C)c2)CC1. The molecule has 2 rings (SSSR count). The summed E-state index contributed by atoms with van der Waals surface area (Å²) in [5, 5.41) is 9.57. The lowest BCUT2D eigenvalue weighted by Gasteiger charge is -2.35. The smallest absolute Gasteiger partial charge is 0.409 e. The molecule has 1 aromatic carbocycles. The highest BCUT2D eigenvalue weighted by atomic mass is 16.6. The van der Waals surface area contributed by atoms with Gasteiger partial charge in [-0.25, -0.2) is 4.79 Å². The van der Waals surface area contributed by atoms with Crippen LogP contribution in [0, 0.1) is 6.92 Å².